The van der Waals surface area contributed by atoms with Crippen LogP contribution in [0.5, 0.6) is 5.75 Å². The summed E-state index contributed by atoms with van der Waals surface area (Å²) in [5.41, 5.74) is -0.361. The number of anilines is 3. The lowest BCUT2D eigenvalue weighted by atomic mass is 10.3. The number of hydrogen-bond acceptors (Lipinski definition) is 6. The van der Waals surface area contributed by atoms with Gasteiger partial charge in [0.2, 0.25) is 5.95 Å². The van der Waals surface area contributed by atoms with Gasteiger partial charge in [-0.3, -0.25) is 4.98 Å². The van der Waals surface area contributed by atoms with Crippen molar-refractivity contribution in [1.82, 2.24) is 15.0 Å². The van der Waals surface area contributed by atoms with E-state index in [4.69, 9.17) is 4.74 Å². The number of nitrogens with zero attached hydrogens (tertiary/aromatic N) is 3. The number of methoxy groups -OCH3 is 1. The fourth-order valence-corrected chi connectivity index (χ4v) is 1.91. The maximum atomic E-state index is 13.0. The van der Waals surface area contributed by atoms with Gasteiger partial charge in [-0.1, -0.05) is 0 Å². The number of pyridine rings is 1. The lowest BCUT2D eigenvalue weighted by molar-refractivity contribution is -0.137. The second kappa shape index (κ2) is 5.90. The van der Waals surface area contributed by atoms with Gasteiger partial charge in [-0.15, -0.1) is 0 Å². The lowest BCUT2D eigenvalue weighted by Crippen LogP contribution is -2.15. The van der Waals surface area contributed by atoms with E-state index in [-0.39, 0.29) is 17.8 Å². The van der Waals surface area contributed by atoms with Crippen molar-refractivity contribution in [2.45, 2.75) is 25.1 Å². The normalized spacial score (nSPS) is 14.4. The molecular formula is C14H14F3N5O. The Hall–Kier alpha value is -2.58. The number of nitrogens with one attached hydrogen (secondary N) is 2. The minimum Gasteiger partial charge on any atom is -0.495 e. The molecule has 1 aliphatic rings. The van der Waals surface area contributed by atoms with Crippen LogP contribution in [-0.2, 0) is 6.18 Å². The molecule has 2 aromatic heterocycles. The second-order valence-corrected chi connectivity index (χ2v) is 5.11. The second-order valence-electron chi connectivity index (χ2n) is 5.11. The first kappa shape index (κ1) is 15.3. The maximum absolute atomic E-state index is 13.0. The van der Waals surface area contributed by atoms with Crippen LogP contribution in [-0.4, -0.2) is 28.1 Å². The quantitative estimate of drug-likeness (QED) is 0.879. The molecule has 1 fully saturated rings. The molecule has 9 heteroatoms. The largest absolute Gasteiger partial charge is 0.495 e. The first-order valence-electron chi connectivity index (χ1n) is 6.92. The van der Waals surface area contributed by atoms with Crippen molar-refractivity contribution in [3.05, 3.63) is 30.2 Å². The van der Waals surface area contributed by atoms with Gasteiger partial charge in [0.15, 0.2) is 0 Å². The zero-order valence-corrected chi connectivity index (χ0v) is 12.2. The zero-order chi connectivity index (χ0) is 16.4. The number of halogens is 3. The summed E-state index contributed by atoms with van der Waals surface area (Å²) in [6, 6.07) is 1.68. The first-order valence-corrected chi connectivity index (χ1v) is 6.92. The number of alkyl halides is 3. The highest BCUT2D eigenvalue weighted by atomic mass is 19.4. The van der Waals surface area contributed by atoms with E-state index in [1.807, 2.05) is 0 Å². The molecule has 0 radical (unpaired) electrons. The zero-order valence-electron chi connectivity index (χ0n) is 12.2. The third-order valence-corrected chi connectivity index (χ3v) is 3.22. The molecule has 0 aromatic carbocycles. The summed E-state index contributed by atoms with van der Waals surface area (Å²) in [6.45, 7) is 0. The van der Waals surface area contributed by atoms with Crippen LogP contribution in [0.3, 0.4) is 0 Å². The summed E-state index contributed by atoms with van der Waals surface area (Å²) in [5, 5.41) is 5.61. The van der Waals surface area contributed by atoms with E-state index in [0.717, 1.165) is 19.0 Å². The first-order chi connectivity index (χ1) is 11.0. The summed E-state index contributed by atoms with van der Waals surface area (Å²) < 4.78 is 44.1. The van der Waals surface area contributed by atoms with Crippen LogP contribution in [0, 0.1) is 0 Å². The Morgan fingerprint density at radius 1 is 1.22 bits per heavy atom. The molecule has 0 amide bonds. The van der Waals surface area contributed by atoms with Gasteiger partial charge in [0.05, 0.1) is 25.2 Å². The van der Waals surface area contributed by atoms with Gasteiger partial charge < -0.3 is 15.4 Å². The molecule has 1 saturated carbocycles. The average Bonchev–Trinajstić information content (AvgIpc) is 3.30. The fourth-order valence-electron chi connectivity index (χ4n) is 1.91. The average molecular weight is 325 g/mol. The molecule has 122 valence electrons. The smallest absolute Gasteiger partial charge is 0.421 e. The molecule has 6 nitrogen and oxygen atoms in total. The van der Waals surface area contributed by atoms with Crippen molar-refractivity contribution in [1.29, 1.82) is 0 Å². The third kappa shape index (κ3) is 3.79. The van der Waals surface area contributed by atoms with Gasteiger partial charge in [0, 0.05) is 18.3 Å². The van der Waals surface area contributed by atoms with Gasteiger partial charge in [-0.2, -0.15) is 18.2 Å². The monoisotopic (exact) mass is 325 g/mol. The number of rotatable bonds is 5. The Labute approximate surface area is 130 Å². The minimum absolute atomic E-state index is 0.0392. The van der Waals surface area contributed by atoms with Crippen molar-refractivity contribution in [2.24, 2.45) is 0 Å². The molecule has 3 rings (SSSR count). The molecule has 0 atom stereocenters. The topological polar surface area (TPSA) is 72.0 Å². The van der Waals surface area contributed by atoms with Crippen LogP contribution in [0.25, 0.3) is 0 Å². The molecule has 2 aromatic rings. The fraction of sp³-hybridized carbons (Fsp3) is 0.357. The third-order valence-electron chi connectivity index (χ3n) is 3.22. The van der Waals surface area contributed by atoms with Crippen LogP contribution >= 0.6 is 0 Å². The highest BCUT2D eigenvalue weighted by Gasteiger charge is 2.36. The van der Waals surface area contributed by atoms with E-state index >= 15 is 0 Å². The van der Waals surface area contributed by atoms with E-state index in [9.17, 15) is 13.2 Å². The molecule has 0 bridgehead atoms. The Morgan fingerprint density at radius 2 is 2.00 bits per heavy atom. The summed E-state index contributed by atoms with van der Waals surface area (Å²) in [6.07, 6.45) is 0.949. The molecular weight excluding hydrogens is 311 g/mol. The van der Waals surface area contributed by atoms with E-state index in [1.54, 1.807) is 6.07 Å². The van der Waals surface area contributed by atoms with Crippen molar-refractivity contribution in [3.8, 4) is 5.75 Å². The summed E-state index contributed by atoms with van der Waals surface area (Å²) in [4.78, 5) is 11.6. The number of ether oxygens (including phenoxy) is 1. The molecule has 2 N–H and O–H groups in total. The highest BCUT2D eigenvalue weighted by molar-refractivity contribution is 5.57. The van der Waals surface area contributed by atoms with Crippen molar-refractivity contribution in [2.75, 3.05) is 17.7 Å². The van der Waals surface area contributed by atoms with Crippen LogP contribution in [0.2, 0.25) is 0 Å². The number of hydrogen-bond donors (Lipinski definition) is 2. The van der Waals surface area contributed by atoms with Crippen molar-refractivity contribution in [3.63, 3.8) is 0 Å². The summed E-state index contributed by atoms with van der Waals surface area (Å²) >= 11 is 0. The molecule has 2 heterocycles. The maximum Gasteiger partial charge on any atom is 0.421 e. The standard InChI is InChI=1S/C14H14F3N5O/c1-23-10-4-9(5-18-6-10)21-13-19-7-11(14(15,16)17)12(22-13)20-8-2-3-8/h4-8H,2-3H2,1H3,(H2,19,20,21,22). The summed E-state index contributed by atoms with van der Waals surface area (Å²) in [5.74, 6) is 0.350. The Balaban J connectivity index is 1.87. The SMILES string of the molecule is COc1cncc(Nc2ncc(C(F)(F)F)c(NC3CC3)n2)c1. The van der Waals surface area contributed by atoms with Crippen LogP contribution < -0.4 is 15.4 Å². The van der Waals surface area contributed by atoms with Gasteiger partial charge in [0.25, 0.3) is 0 Å². The van der Waals surface area contributed by atoms with E-state index in [0.29, 0.717) is 11.4 Å². The van der Waals surface area contributed by atoms with Crippen LogP contribution in [0.1, 0.15) is 18.4 Å². The highest BCUT2D eigenvalue weighted by Crippen LogP contribution is 2.36. The van der Waals surface area contributed by atoms with Crippen LogP contribution in [0.15, 0.2) is 24.7 Å². The van der Waals surface area contributed by atoms with Gasteiger partial charge in [0.1, 0.15) is 17.1 Å². The Kier molecular flexibility index (Phi) is 3.93. The van der Waals surface area contributed by atoms with E-state index in [1.165, 1.54) is 19.5 Å². The van der Waals surface area contributed by atoms with Crippen LogP contribution in [0.4, 0.5) is 30.6 Å². The molecule has 1 aliphatic carbocycles. The minimum atomic E-state index is -4.51. The predicted octanol–water partition coefficient (Wildman–Crippen LogP) is 3.22. The molecule has 0 saturated heterocycles. The van der Waals surface area contributed by atoms with E-state index in [2.05, 4.69) is 25.6 Å². The molecule has 0 spiro atoms. The van der Waals surface area contributed by atoms with Gasteiger partial charge in [-0.25, -0.2) is 4.98 Å². The number of aromatic nitrogens is 3. The van der Waals surface area contributed by atoms with Crippen molar-refractivity contribution < 1.29 is 17.9 Å². The van der Waals surface area contributed by atoms with E-state index < -0.39 is 11.7 Å². The van der Waals surface area contributed by atoms with Gasteiger partial charge >= 0.3 is 6.18 Å². The Bertz CT molecular complexity index is 703. The Morgan fingerprint density at radius 3 is 2.65 bits per heavy atom. The molecule has 0 aliphatic heterocycles. The summed E-state index contributed by atoms with van der Waals surface area (Å²) in [7, 11) is 1.49. The molecule has 0 unspecified atom stereocenters. The van der Waals surface area contributed by atoms with Gasteiger partial charge in [-0.05, 0) is 12.8 Å². The molecule has 23 heavy (non-hydrogen) atoms. The predicted molar refractivity (Wildman–Crippen MR) is 77.8 cm³/mol. The lowest BCUT2D eigenvalue weighted by Gasteiger charge is -2.14. The van der Waals surface area contributed by atoms with Crippen molar-refractivity contribution >= 4 is 17.5 Å².